The fourth-order valence-corrected chi connectivity index (χ4v) is 2.85. The summed E-state index contributed by atoms with van der Waals surface area (Å²) in [5, 5.41) is 3.01. The zero-order chi connectivity index (χ0) is 18.5. The van der Waals surface area contributed by atoms with E-state index in [1.54, 1.807) is 35.8 Å². The van der Waals surface area contributed by atoms with Crippen LogP contribution in [0.4, 0.5) is 11.8 Å². The molecule has 1 aromatic carbocycles. The topological polar surface area (TPSA) is 93.1 Å². The van der Waals surface area contributed by atoms with Gasteiger partial charge in [0.05, 0.1) is 31.2 Å². The molecular formula is C19H18N6O2. The summed E-state index contributed by atoms with van der Waals surface area (Å²) in [6, 6.07) is 11.0. The molecule has 4 rings (SSSR count). The van der Waals surface area contributed by atoms with Gasteiger partial charge in [0.2, 0.25) is 5.95 Å². The van der Waals surface area contributed by atoms with Gasteiger partial charge in [-0.15, -0.1) is 0 Å². The molecule has 27 heavy (non-hydrogen) atoms. The Balaban J connectivity index is 1.48. The molecule has 0 saturated carbocycles. The molecule has 8 nitrogen and oxygen atoms in total. The number of nitrogens with one attached hydrogen (secondary N) is 1. The van der Waals surface area contributed by atoms with E-state index in [-0.39, 0.29) is 12.0 Å². The highest BCUT2D eigenvalue weighted by molar-refractivity contribution is 5.94. The van der Waals surface area contributed by atoms with Gasteiger partial charge in [-0.3, -0.25) is 9.78 Å². The molecule has 1 amide bonds. The molecule has 1 unspecified atom stereocenters. The van der Waals surface area contributed by atoms with Crippen LogP contribution in [0.25, 0.3) is 0 Å². The summed E-state index contributed by atoms with van der Waals surface area (Å²) < 4.78 is 5.83. The van der Waals surface area contributed by atoms with Crippen molar-refractivity contribution in [3.05, 3.63) is 72.4 Å². The molecule has 3 heterocycles. The lowest BCUT2D eigenvalue weighted by molar-refractivity contribution is -0.0248. The number of hydrogen-bond acceptors (Lipinski definition) is 7. The van der Waals surface area contributed by atoms with E-state index < -0.39 is 0 Å². The van der Waals surface area contributed by atoms with Crippen molar-refractivity contribution >= 4 is 17.7 Å². The van der Waals surface area contributed by atoms with E-state index in [1.165, 1.54) is 0 Å². The van der Waals surface area contributed by atoms with Crippen LogP contribution in [0.3, 0.4) is 0 Å². The molecule has 1 saturated heterocycles. The Morgan fingerprint density at radius 3 is 2.74 bits per heavy atom. The number of rotatable bonds is 4. The summed E-state index contributed by atoms with van der Waals surface area (Å²) >= 11 is 0. The maximum atomic E-state index is 12.7. The minimum Gasteiger partial charge on any atom is -0.368 e. The normalized spacial score (nSPS) is 16.7. The molecule has 1 aliphatic rings. The average molecular weight is 362 g/mol. The number of anilines is 2. The van der Waals surface area contributed by atoms with Crippen LogP contribution in [-0.2, 0) is 4.74 Å². The van der Waals surface area contributed by atoms with Gasteiger partial charge >= 0.3 is 0 Å². The van der Waals surface area contributed by atoms with E-state index in [1.807, 2.05) is 30.3 Å². The SMILES string of the molecule is O=C(c1ccccc1)N1CCOC(c2cncc(Nc3ncccn3)n2)C1. The minimum absolute atomic E-state index is 0.0103. The number of morpholine rings is 1. The van der Waals surface area contributed by atoms with Crippen molar-refractivity contribution in [2.75, 3.05) is 25.0 Å². The van der Waals surface area contributed by atoms with Crippen molar-refractivity contribution in [1.29, 1.82) is 0 Å². The fraction of sp³-hybridized carbons (Fsp3) is 0.211. The number of carbonyl (C=O) groups is 1. The predicted molar refractivity (Wildman–Crippen MR) is 98.4 cm³/mol. The van der Waals surface area contributed by atoms with Crippen LogP contribution in [0.5, 0.6) is 0 Å². The maximum Gasteiger partial charge on any atom is 0.254 e. The molecule has 136 valence electrons. The van der Waals surface area contributed by atoms with Gasteiger partial charge in [0.1, 0.15) is 6.10 Å². The third-order valence-electron chi connectivity index (χ3n) is 4.16. The van der Waals surface area contributed by atoms with E-state index >= 15 is 0 Å². The van der Waals surface area contributed by atoms with E-state index in [4.69, 9.17) is 4.74 Å². The molecule has 1 aliphatic heterocycles. The van der Waals surface area contributed by atoms with Gasteiger partial charge in [-0.1, -0.05) is 18.2 Å². The third-order valence-corrected chi connectivity index (χ3v) is 4.16. The standard InChI is InChI=1S/C19H18N6O2/c26-18(14-5-2-1-3-6-14)25-9-10-27-16(13-25)15-11-20-12-17(23-15)24-19-21-7-4-8-22-19/h1-8,11-12,16H,9-10,13H2,(H,21,22,23,24). The summed E-state index contributed by atoms with van der Waals surface area (Å²) in [4.78, 5) is 31.5. The molecule has 2 aromatic heterocycles. The lowest BCUT2D eigenvalue weighted by atomic mass is 10.1. The summed E-state index contributed by atoms with van der Waals surface area (Å²) in [6.45, 7) is 1.42. The number of benzene rings is 1. The lowest BCUT2D eigenvalue weighted by Crippen LogP contribution is -2.42. The summed E-state index contributed by atoms with van der Waals surface area (Å²) in [5.41, 5.74) is 1.32. The Labute approximate surface area is 156 Å². The highest BCUT2D eigenvalue weighted by Crippen LogP contribution is 2.22. The number of nitrogens with zero attached hydrogens (tertiary/aromatic N) is 5. The van der Waals surface area contributed by atoms with Crippen LogP contribution in [0.2, 0.25) is 0 Å². The second kappa shape index (κ2) is 7.88. The quantitative estimate of drug-likeness (QED) is 0.760. The molecule has 1 atom stereocenters. The predicted octanol–water partition coefficient (Wildman–Crippen LogP) is 2.22. The second-order valence-electron chi connectivity index (χ2n) is 6.00. The molecular weight excluding hydrogens is 344 g/mol. The molecule has 0 spiro atoms. The first-order valence-electron chi connectivity index (χ1n) is 8.61. The van der Waals surface area contributed by atoms with Crippen molar-refractivity contribution in [1.82, 2.24) is 24.8 Å². The average Bonchev–Trinajstić information content (AvgIpc) is 2.75. The fourth-order valence-electron chi connectivity index (χ4n) is 2.85. The van der Waals surface area contributed by atoms with E-state index in [9.17, 15) is 4.79 Å². The zero-order valence-corrected chi connectivity index (χ0v) is 14.5. The highest BCUT2D eigenvalue weighted by Gasteiger charge is 2.27. The first-order valence-corrected chi connectivity index (χ1v) is 8.61. The van der Waals surface area contributed by atoms with Gasteiger partial charge in [0.15, 0.2) is 5.82 Å². The van der Waals surface area contributed by atoms with Gasteiger partial charge in [-0.2, -0.15) is 0 Å². The second-order valence-corrected chi connectivity index (χ2v) is 6.00. The molecule has 1 fully saturated rings. The Kier molecular flexibility index (Phi) is 4.97. The van der Waals surface area contributed by atoms with Gasteiger partial charge in [-0.25, -0.2) is 15.0 Å². The molecule has 0 radical (unpaired) electrons. The lowest BCUT2D eigenvalue weighted by Gasteiger charge is -2.32. The van der Waals surface area contributed by atoms with Crippen molar-refractivity contribution in [2.45, 2.75) is 6.10 Å². The van der Waals surface area contributed by atoms with Crippen molar-refractivity contribution in [2.24, 2.45) is 0 Å². The van der Waals surface area contributed by atoms with Crippen LogP contribution in [-0.4, -0.2) is 50.4 Å². The monoisotopic (exact) mass is 362 g/mol. The number of hydrogen-bond donors (Lipinski definition) is 1. The van der Waals surface area contributed by atoms with E-state index in [0.29, 0.717) is 42.7 Å². The molecule has 3 aromatic rings. The Hall–Kier alpha value is -3.39. The third kappa shape index (κ3) is 4.06. The number of ether oxygens (including phenoxy) is 1. The first-order chi connectivity index (χ1) is 13.3. The molecule has 0 aliphatic carbocycles. The smallest absolute Gasteiger partial charge is 0.254 e. The molecule has 0 bridgehead atoms. The highest BCUT2D eigenvalue weighted by atomic mass is 16.5. The van der Waals surface area contributed by atoms with Crippen molar-refractivity contribution in [3.63, 3.8) is 0 Å². The van der Waals surface area contributed by atoms with E-state index in [0.717, 1.165) is 0 Å². The van der Waals surface area contributed by atoms with Gasteiger partial charge in [0.25, 0.3) is 5.91 Å². The maximum absolute atomic E-state index is 12.7. The van der Waals surface area contributed by atoms with Crippen LogP contribution >= 0.6 is 0 Å². The first kappa shape index (κ1) is 17.0. The van der Waals surface area contributed by atoms with Gasteiger partial charge in [0, 0.05) is 24.5 Å². The van der Waals surface area contributed by atoms with Gasteiger partial charge < -0.3 is 15.0 Å². The number of carbonyl (C=O) groups excluding carboxylic acids is 1. The largest absolute Gasteiger partial charge is 0.368 e. The summed E-state index contributed by atoms with van der Waals surface area (Å²) in [6.07, 6.45) is 6.19. The van der Waals surface area contributed by atoms with Crippen molar-refractivity contribution < 1.29 is 9.53 Å². The van der Waals surface area contributed by atoms with Crippen LogP contribution in [0.15, 0.2) is 61.2 Å². The van der Waals surface area contributed by atoms with Crippen LogP contribution in [0.1, 0.15) is 22.2 Å². The summed E-state index contributed by atoms with van der Waals surface area (Å²) in [5.74, 6) is 0.951. The molecule has 1 N–H and O–H groups in total. The Morgan fingerprint density at radius 1 is 1.11 bits per heavy atom. The minimum atomic E-state index is -0.336. The Morgan fingerprint density at radius 2 is 1.93 bits per heavy atom. The van der Waals surface area contributed by atoms with Crippen LogP contribution < -0.4 is 5.32 Å². The Bertz CT molecular complexity index is 906. The number of aromatic nitrogens is 4. The summed E-state index contributed by atoms with van der Waals surface area (Å²) in [7, 11) is 0. The van der Waals surface area contributed by atoms with Crippen molar-refractivity contribution in [3.8, 4) is 0 Å². The molecule has 8 heteroatoms. The zero-order valence-electron chi connectivity index (χ0n) is 14.5. The van der Waals surface area contributed by atoms with Crippen LogP contribution in [0, 0.1) is 0 Å². The van der Waals surface area contributed by atoms with Gasteiger partial charge in [-0.05, 0) is 18.2 Å². The number of amides is 1. The van der Waals surface area contributed by atoms with E-state index in [2.05, 4.69) is 25.3 Å².